The molecule has 0 fully saturated rings. The number of hydrogen-bond acceptors (Lipinski definition) is 5. The number of carbonyl (C=O) groups is 1. The van der Waals surface area contributed by atoms with Crippen LogP contribution in [0.2, 0.25) is 0 Å². The Morgan fingerprint density at radius 2 is 2.22 bits per heavy atom. The number of hydrogen-bond donors (Lipinski definition) is 2. The summed E-state index contributed by atoms with van der Waals surface area (Å²) < 4.78 is 6.63. The zero-order chi connectivity index (χ0) is 17.0. The Bertz CT molecular complexity index is 702. The van der Waals surface area contributed by atoms with Crippen LogP contribution in [0.3, 0.4) is 0 Å². The third-order valence-electron chi connectivity index (χ3n) is 3.36. The normalized spacial score (nSPS) is 10.4. The smallest absolute Gasteiger partial charge is 0.340 e. The second kappa shape index (κ2) is 7.56. The number of nitrogens with one attached hydrogen (secondary N) is 2. The summed E-state index contributed by atoms with van der Waals surface area (Å²) in [6.45, 7) is 4.55. The van der Waals surface area contributed by atoms with Crippen LogP contribution >= 0.6 is 23.6 Å². The molecule has 8 heteroatoms. The van der Waals surface area contributed by atoms with E-state index in [1.54, 1.807) is 0 Å². The van der Waals surface area contributed by atoms with Gasteiger partial charge in [-0.25, -0.2) is 4.79 Å². The van der Waals surface area contributed by atoms with Crippen LogP contribution in [0.25, 0.3) is 0 Å². The van der Waals surface area contributed by atoms with Crippen molar-refractivity contribution in [2.24, 2.45) is 7.05 Å². The Kier molecular flexibility index (Phi) is 5.73. The van der Waals surface area contributed by atoms with Crippen LogP contribution in [-0.2, 0) is 24.8 Å². The average Bonchev–Trinajstić information content (AvgIpc) is 3.08. The highest BCUT2D eigenvalue weighted by Gasteiger charge is 2.17. The quantitative estimate of drug-likeness (QED) is 0.637. The van der Waals surface area contributed by atoms with Crippen molar-refractivity contribution < 1.29 is 9.53 Å². The van der Waals surface area contributed by atoms with Crippen LogP contribution in [0.5, 0.6) is 0 Å². The van der Waals surface area contributed by atoms with Gasteiger partial charge in [-0.2, -0.15) is 5.10 Å². The van der Waals surface area contributed by atoms with Crippen LogP contribution in [0.4, 0.5) is 5.00 Å². The van der Waals surface area contributed by atoms with Crippen molar-refractivity contribution in [3.8, 4) is 0 Å². The second-order valence-electron chi connectivity index (χ2n) is 5.01. The number of rotatable bonds is 5. The SMILES string of the molecule is CCc1cc(C(=O)OC)c(NC(=S)NCc2cc(C)n(C)n2)s1. The summed E-state index contributed by atoms with van der Waals surface area (Å²) in [7, 11) is 3.27. The molecule has 2 N–H and O–H groups in total. The van der Waals surface area contributed by atoms with E-state index in [1.807, 2.05) is 37.7 Å². The monoisotopic (exact) mass is 352 g/mol. The number of thiophene rings is 1. The third kappa shape index (κ3) is 4.29. The molecule has 2 aromatic rings. The number of methoxy groups -OCH3 is 1. The van der Waals surface area contributed by atoms with E-state index in [1.165, 1.54) is 18.4 Å². The lowest BCUT2D eigenvalue weighted by Crippen LogP contribution is -2.28. The van der Waals surface area contributed by atoms with Crippen LogP contribution in [0.1, 0.15) is 33.5 Å². The number of aromatic nitrogens is 2. The minimum Gasteiger partial charge on any atom is -0.465 e. The van der Waals surface area contributed by atoms with E-state index >= 15 is 0 Å². The Labute approximate surface area is 144 Å². The number of nitrogens with zero attached hydrogens (tertiary/aromatic N) is 2. The van der Waals surface area contributed by atoms with E-state index in [9.17, 15) is 4.79 Å². The number of ether oxygens (including phenoxy) is 1. The molecule has 2 rings (SSSR count). The first-order valence-electron chi connectivity index (χ1n) is 7.20. The van der Waals surface area contributed by atoms with Gasteiger partial charge in [-0.05, 0) is 37.7 Å². The standard InChI is InChI=1S/C15H20N4O2S2/c1-5-11-7-12(14(20)21-4)13(23-11)17-15(22)16-8-10-6-9(2)19(3)18-10/h6-7H,5,8H2,1-4H3,(H2,16,17,22). The molecule has 2 heterocycles. The predicted molar refractivity (Wildman–Crippen MR) is 96.0 cm³/mol. The van der Waals surface area contributed by atoms with Gasteiger partial charge in [0.2, 0.25) is 0 Å². The lowest BCUT2D eigenvalue weighted by molar-refractivity contribution is 0.0602. The van der Waals surface area contributed by atoms with Gasteiger partial charge in [0.25, 0.3) is 0 Å². The summed E-state index contributed by atoms with van der Waals surface area (Å²) in [4.78, 5) is 12.9. The van der Waals surface area contributed by atoms with Gasteiger partial charge in [-0.15, -0.1) is 11.3 Å². The van der Waals surface area contributed by atoms with Crippen molar-refractivity contribution in [2.45, 2.75) is 26.8 Å². The summed E-state index contributed by atoms with van der Waals surface area (Å²) >= 11 is 6.80. The average molecular weight is 352 g/mol. The molecule has 124 valence electrons. The summed E-state index contributed by atoms with van der Waals surface area (Å²) in [6.07, 6.45) is 0.851. The fourth-order valence-corrected chi connectivity index (χ4v) is 3.24. The maximum absolute atomic E-state index is 11.8. The summed E-state index contributed by atoms with van der Waals surface area (Å²) in [5.74, 6) is -0.369. The fraction of sp³-hybridized carbons (Fsp3) is 0.400. The van der Waals surface area contributed by atoms with Gasteiger partial charge in [0.1, 0.15) is 5.00 Å². The van der Waals surface area contributed by atoms with E-state index in [-0.39, 0.29) is 5.97 Å². The molecule has 0 aliphatic carbocycles. The van der Waals surface area contributed by atoms with Crippen molar-refractivity contribution in [2.75, 3.05) is 12.4 Å². The number of esters is 1. The zero-order valence-electron chi connectivity index (χ0n) is 13.6. The minimum absolute atomic E-state index is 0.369. The molecule has 23 heavy (non-hydrogen) atoms. The molecule has 0 aliphatic heterocycles. The van der Waals surface area contributed by atoms with Crippen LogP contribution in [0, 0.1) is 6.92 Å². The molecule has 0 amide bonds. The van der Waals surface area contributed by atoms with Crippen LogP contribution < -0.4 is 10.6 Å². The van der Waals surface area contributed by atoms with Crippen molar-refractivity contribution in [1.29, 1.82) is 0 Å². The first kappa shape index (κ1) is 17.4. The molecule has 0 radical (unpaired) electrons. The minimum atomic E-state index is -0.369. The molecule has 6 nitrogen and oxygen atoms in total. The van der Waals surface area contributed by atoms with Gasteiger partial charge in [-0.1, -0.05) is 6.92 Å². The highest BCUT2D eigenvalue weighted by atomic mass is 32.1. The Morgan fingerprint density at radius 1 is 1.48 bits per heavy atom. The highest BCUT2D eigenvalue weighted by Crippen LogP contribution is 2.29. The van der Waals surface area contributed by atoms with E-state index in [2.05, 4.69) is 15.7 Å². The van der Waals surface area contributed by atoms with Gasteiger partial charge in [0.15, 0.2) is 5.11 Å². The lowest BCUT2D eigenvalue weighted by atomic mass is 10.2. The van der Waals surface area contributed by atoms with E-state index < -0.39 is 0 Å². The molecule has 0 aliphatic rings. The van der Waals surface area contributed by atoms with Crippen molar-refractivity contribution >= 4 is 39.6 Å². The van der Waals surface area contributed by atoms with Crippen molar-refractivity contribution in [1.82, 2.24) is 15.1 Å². The van der Waals surface area contributed by atoms with E-state index in [0.717, 1.165) is 22.7 Å². The largest absolute Gasteiger partial charge is 0.465 e. The first-order valence-corrected chi connectivity index (χ1v) is 8.42. The number of carbonyl (C=O) groups excluding carboxylic acids is 1. The lowest BCUT2D eigenvalue weighted by Gasteiger charge is -2.09. The molecule has 0 aromatic carbocycles. The van der Waals surface area contributed by atoms with Crippen LogP contribution in [-0.4, -0.2) is 28.0 Å². The highest BCUT2D eigenvalue weighted by molar-refractivity contribution is 7.80. The van der Waals surface area contributed by atoms with E-state index in [4.69, 9.17) is 17.0 Å². The molecule has 0 unspecified atom stereocenters. The Morgan fingerprint density at radius 3 is 2.78 bits per heavy atom. The van der Waals surface area contributed by atoms with Gasteiger partial charge in [0.05, 0.1) is 24.9 Å². The van der Waals surface area contributed by atoms with Crippen LogP contribution in [0.15, 0.2) is 12.1 Å². The second-order valence-corrected chi connectivity index (χ2v) is 6.55. The van der Waals surface area contributed by atoms with Gasteiger partial charge in [-0.3, -0.25) is 4.68 Å². The molecular weight excluding hydrogens is 332 g/mol. The fourth-order valence-electron chi connectivity index (χ4n) is 2.01. The number of aryl methyl sites for hydroxylation is 3. The maximum atomic E-state index is 11.8. The summed E-state index contributed by atoms with van der Waals surface area (Å²) in [5.41, 5.74) is 2.49. The predicted octanol–water partition coefficient (Wildman–Crippen LogP) is 2.63. The molecular formula is C15H20N4O2S2. The van der Waals surface area contributed by atoms with Gasteiger partial charge in [0, 0.05) is 17.6 Å². The Hall–Kier alpha value is -1.93. The summed E-state index contributed by atoms with van der Waals surface area (Å²) in [5, 5.41) is 11.7. The first-order chi connectivity index (χ1) is 10.9. The third-order valence-corrected chi connectivity index (χ3v) is 4.80. The summed E-state index contributed by atoms with van der Waals surface area (Å²) in [6, 6.07) is 3.83. The topological polar surface area (TPSA) is 68.2 Å². The molecule has 0 saturated heterocycles. The maximum Gasteiger partial charge on any atom is 0.340 e. The van der Waals surface area contributed by atoms with Crippen molar-refractivity contribution in [3.05, 3.63) is 34.0 Å². The molecule has 2 aromatic heterocycles. The molecule has 0 atom stereocenters. The molecule has 0 saturated carbocycles. The number of thiocarbonyl (C=S) groups is 1. The Balaban J connectivity index is 2.02. The van der Waals surface area contributed by atoms with Gasteiger partial charge >= 0.3 is 5.97 Å². The van der Waals surface area contributed by atoms with E-state index in [0.29, 0.717) is 22.2 Å². The number of anilines is 1. The molecule has 0 bridgehead atoms. The van der Waals surface area contributed by atoms with Crippen molar-refractivity contribution in [3.63, 3.8) is 0 Å². The zero-order valence-corrected chi connectivity index (χ0v) is 15.2. The molecule has 0 spiro atoms. The van der Waals surface area contributed by atoms with Gasteiger partial charge < -0.3 is 15.4 Å².